The lowest BCUT2D eigenvalue weighted by molar-refractivity contribution is -0.155. The summed E-state index contributed by atoms with van der Waals surface area (Å²) in [6.07, 6.45) is -1.28. The van der Waals surface area contributed by atoms with Gasteiger partial charge in [-0.15, -0.1) is 0 Å². The normalized spacial score (nSPS) is 23.7. The van der Waals surface area contributed by atoms with E-state index < -0.39 is 92.6 Å². The number of nitrogens with zero attached hydrogens (tertiary/aromatic N) is 4. The second kappa shape index (κ2) is 27.1. The summed E-state index contributed by atoms with van der Waals surface area (Å²) in [5.74, 6) is -0.511. The van der Waals surface area contributed by atoms with Crippen LogP contribution in [-0.2, 0) is 67.8 Å². The van der Waals surface area contributed by atoms with Crippen LogP contribution in [0.3, 0.4) is 0 Å². The number of hydrogen-bond donors (Lipinski definition) is 0. The van der Waals surface area contributed by atoms with E-state index in [1.165, 1.54) is 4.57 Å². The van der Waals surface area contributed by atoms with Gasteiger partial charge in [0.1, 0.15) is 38.1 Å². The maximum Gasteiger partial charge on any atom is 0.335 e. The van der Waals surface area contributed by atoms with Gasteiger partial charge < -0.3 is 36.7 Å². The molecule has 3 amide bonds. The standard InChI is InChI=1S/C60H100N4O12Si4/c1-18-79(19-2,20-3)72-41-51-49(76-80(21-4,22-5)23-6)35-53(74-51)62-42-60(13,55(66)64(57(62)68)44-70-39-46-32-28-25-29-33-46)36-47-37-61(56(67)63(54(47)65)43-69-38-45-30-26-24-27-31-45)52-34-48(75-78(16,17)59(10,11)12)50(73-52)40-71-77(14,15)58(7,8)9/h24-33,37,48-53H,18-23,34-36,38-44H2,1-17H3/t48-,49-,50-,51-,52-,53-,60-/m1/s1. The van der Waals surface area contributed by atoms with Crippen molar-refractivity contribution < 1.29 is 46.2 Å². The van der Waals surface area contributed by atoms with Crippen LogP contribution >= 0.6 is 0 Å². The Morgan fingerprint density at radius 2 is 1.09 bits per heavy atom. The number of aromatic nitrogens is 2. The van der Waals surface area contributed by atoms with Gasteiger partial charge in [-0.3, -0.25) is 19.1 Å². The predicted molar refractivity (Wildman–Crippen MR) is 325 cm³/mol. The van der Waals surface area contributed by atoms with Gasteiger partial charge in [-0.25, -0.2) is 19.1 Å². The van der Waals surface area contributed by atoms with Crippen molar-refractivity contribution in [3.63, 3.8) is 0 Å². The van der Waals surface area contributed by atoms with Crippen LogP contribution in [0.5, 0.6) is 0 Å². The highest BCUT2D eigenvalue weighted by Gasteiger charge is 2.54. The average Bonchev–Trinajstić information content (AvgIpc) is 4.01. The molecule has 16 nitrogen and oxygen atoms in total. The molecular weight excluding hydrogens is 1080 g/mol. The molecule has 7 atom stereocenters. The van der Waals surface area contributed by atoms with Crippen LogP contribution in [0.1, 0.15) is 126 Å². The molecule has 0 bridgehead atoms. The number of benzene rings is 2. The van der Waals surface area contributed by atoms with Gasteiger partial charge in [0.15, 0.2) is 33.3 Å². The van der Waals surface area contributed by atoms with Gasteiger partial charge in [0, 0.05) is 31.1 Å². The largest absolute Gasteiger partial charge is 0.414 e. The number of ether oxygens (including phenoxy) is 4. The molecule has 0 radical (unpaired) electrons. The Kier molecular flexibility index (Phi) is 22.3. The van der Waals surface area contributed by atoms with Crippen molar-refractivity contribution in [3.05, 3.63) is 104 Å². The number of carbonyl (C=O) groups is 2. The molecule has 3 aliphatic heterocycles. The quantitative estimate of drug-likeness (QED) is 0.0635. The second-order valence-electron chi connectivity index (χ2n) is 26.1. The summed E-state index contributed by atoms with van der Waals surface area (Å²) < 4.78 is 57.0. The van der Waals surface area contributed by atoms with Crippen LogP contribution in [0.2, 0.25) is 72.5 Å². The molecule has 0 aliphatic carbocycles. The zero-order valence-electron chi connectivity index (χ0n) is 51.8. The lowest BCUT2D eigenvalue weighted by Crippen LogP contribution is -2.64. The van der Waals surface area contributed by atoms with Crippen molar-refractivity contribution in [2.24, 2.45) is 5.41 Å². The number of carbonyl (C=O) groups excluding carboxylic acids is 2. The second-order valence-corrected chi connectivity index (χ2v) is 45.1. The molecule has 3 fully saturated rings. The molecule has 6 rings (SSSR count). The summed E-state index contributed by atoms with van der Waals surface area (Å²) in [6.45, 7) is 37.1. The first kappa shape index (κ1) is 65.8. The zero-order chi connectivity index (χ0) is 59.1. The number of urea groups is 1. The van der Waals surface area contributed by atoms with Crippen LogP contribution in [-0.4, -0.2) is 121 Å². The first-order chi connectivity index (χ1) is 37.5. The highest BCUT2D eigenvalue weighted by Crippen LogP contribution is 2.44. The molecule has 3 saturated heterocycles. The Morgan fingerprint density at radius 1 is 0.613 bits per heavy atom. The van der Waals surface area contributed by atoms with E-state index in [1.54, 1.807) is 18.0 Å². The maximum absolute atomic E-state index is 15.3. The van der Waals surface area contributed by atoms with Crippen molar-refractivity contribution in [1.82, 2.24) is 18.9 Å². The van der Waals surface area contributed by atoms with Crippen LogP contribution in [0.25, 0.3) is 0 Å². The molecular formula is C60H100N4O12Si4. The Morgan fingerprint density at radius 3 is 1.60 bits per heavy atom. The minimum atomic E-state index is -2.39. The van der Waals surface area contributed by atoms with Crippen LogP contribution in [0, 0.1) is 5.41 Å². The fraction of sp³-hybridized carbons (Fsp3) is 0.700. The molecule has 4 heterocycles. The number of imide groups is 1. The van der Waals surface area contributed by atoms with Crippen molar-refractivity contribution in [3.8, 4) is 0 Å². The first-order valence-electron chi connectivity index (χ1n) is 29.7. The lowest BCUT2D eigenvalue weighted by atomic mass is 9.80. The fourth-order valence-corrected chi connectivity index (χ4v) is 18.7. The van der Waals surface area contributed by atoms with Gasteiger partial charge in [0.2, 0.25) is 5.91 Å². The van der Waals surface area contributed by atoms with Crippen LogP contribution in [0.4, 0.5) is 4.79 Å². The molecule has 3 aromatic rings. The fourth-order valence-electron chi connectivity index (χ4n) is 10.8. The lowest BCUT2D eigenvalue weighted by Gasteiger charge is -2.45. The van der Waals surface area contributed by atoms with E-state index in [-0.39, 0.29) is 68.0 Å². The van der Waals surface area contributed by atoms with Crippen molar-refractivity contribution in [2.75, 3.05) is 26.5 Å². The van der Waals surface area contributed by atoms with Gasteiger partial charge in [-0.1, -0.05) is 144 Å². The Hall–Kier alpha value is -3.39. The van der Waals surface area contributed by atoms with E-state index in [1.807, 2.05) is 60.7 Å². The molecule has 0 unspecified atom stereocenters. The summed E-state index contributed by atoms with van der Waals surface area (Å²) in [4.78, 5) is 63.3. The molecule has 0 N–H and O–H groups in total. The van der Waals surface area contributed by atoms with E-state index >= 15 is 19.2 Å². The molecule has 0 spiro atoms. The van der Waals surface area contributed by atoms with Crippen LogP contribution in [0.15, 0.2) is 76.4 Å². The number of hydrogen-bond acceptors (Lipinski definition) is 12. The van der Waals surface area contributed by atoms with E-state index in [0.29, 0.717) is 19.4 Å². The third-order valence-corrected chi connectivity index (χ3v) is 37.1. The smallest absolute Gasteiger partial charge is 0.335 e. The molecule has 80 heavy (non-hydrogen) atoms. The summed E-state index contributed by atoms with van der Waals surface area (Å²) in [6, 6.07) is 24.3. The summed E-state index contributed by atoms with van der Waals surface area (Å²) in [5, 5.41) is -0.181. The topological polar surface area (TPSA) is 158 Å². The van der Waals surface area contributed by atoms with Gasteiger partial charge in [-0.05, 0) is 97.0 Å². The monoisotopic (exact) mass is 1180 g/mol. The average molecular weight is 1180 g/mol. The van der Waals surface area contributed by atoms with E-state index in [9.17, 15) is 0 Å². The van der Waals surface area contributed by atoms with E-state index in [0.717, 1.165) is 56.9 Å². The Balaban J connectivity index is 1.43. The minimum Gasteiger partial charge on any atom is -0.414 e. The highest BCUT2D eigenvalue weighted by atomic mass is 28.4. The third kappa shape index (κ3) is 15.3. The highest BCUT2D eigenvalue weighted by molar-refractivity contribution is 6.75. The van der Waals surface area contributed by atoms with E-state index in [2.05, 4.69) is 109 Å². The van der Waals surface area contributed by atoms with Crippen molar-refractivity contribution >= 4 is 45.2 Å². The van der Waals surface area contributed by atoms with Gasteiger partial charge in [-0.2, -0.15) is 0 Å². The predicted octanol–water partition coefficient (Wildman–Crippen LogP) is 12.4. The molecule has 448 valence electrons. The third-order valence-electron chi connectivity index (χ3n) is 18.8. The minimum absolute atomic E-state index is 0.0627. The van der Waals surface area contributed by atoms with Crippen LogP contribution < -0.4 is 11.2 Å². The van der Waals surface area contributed by atoms with Gasteiger partial charge in [0.05, 0.1) is 44.1 Å². The number of amides is 3. The first-order valence-corrected chi connectivity index (χ1v) is 40.6. The molecule has 2 aromatic carbocycles. The molecule has 0 saturated carbocycles. The van der Waals surface area contributed by atoms with Gasteiger partial charge >= 0.3 is 11.7 Å². The van der Waals surface area contributed by atoms with E-state index in [4.69, 9.17) is 36.7 Å². The van der Waals surface area contributed by atoms with Gasteiger partial charge in [0.25, 0.3) is 5.56 Å². The van der Waals surface area contributed by atoms with Crippen molar-refractivity contribution in [1.29, 1.82) is 0 Å². The van der Waals surface area contributed by atoms with Crippen molar-refractivity contribution in [2.45, 2.75) is 239 Å². The summed E-state index contributed by atoms with van der Waals surface area (Å²) >= 11 is 0. The summed E-state index contributed by atoms with van der Waals surface area (Å²) in [7, 11) is -8.91. The molecule has 20 heteroatoms. The molecule has 1 aromatic heterocycles. The summed E-state index contributed by atoms with van der Waals surface area (Å²) in [5.41, 5.74) is -0.713. The maximum atomic E-state index is 15.3. The molecule has 3 aliphatic rings. The number of rotatable bonds is 28. The zero-order valence-corrected chi connectivity index (χ0v) is 55.8. The Labute approximate surface area is 483 Å². The SMILES string of the molecule is CC[Si](CC)(CC)OC[C@H]1O[C@@H](N2C[C@@](C)(Cc3cn([C@H]4C[C@@H](O[Si](C)(C)C(C)(C)C)[C@@H](CO[Si](C)(C)C(C)(C)C)O4)c(=O)n(COCc4ccccc4)c3=O)C(=O)N(COCc3ccccc3)C2=O)C[C@H]1O[Si](CC)(CC)CC. The Bertz CT molecular complexity index is 2600.